The van der Waals surface area contributed by atoms with Crippen molar-refractivity contribution < 1.29 is 17.9 Å². The Morgan fingerprint density at radius 3 is 2.62 bits per heavy atom. The van der Waals surface area contributed by atoms with Crippen LogP contribution in [-0.2, 0) is 14.8 Å². The lowest BCUT2D eigenvalue weighted by Gasteiger charge is -2.34. The maximum Gasteiger partial charge on any atom is 0.255 e. The van der Waals surface area contributed by atoms with Gasteiger partial charge >= 0.3 is 0 Å². The average molecular weight is 426 g/mol. The summed E-state index contributed by atoms with van der Waals surface area (Å²) in [5.41, 5.74) is 5.10. The molecule has 1 aliphatic heterocycles. The van der Waals surface area contributed by atoms with Crippen molar-refractivity contribution in [1.82, 2.24) is 9.62 Å². The zero-order chi connectivity index (χ0) is 18.4. The first kappa shape index (κ1) is 23.0. The highest BCUT2D eigenvalue weighted by atomic mass is 35.5. The minimum atomic E-state index is -3.82. The van der Waals surface area contributed by atoms with Gasteiger partial charge in [-0.15, -0.1) is 12.4 Å². The lowest BCUT2D eigenvalue weighted by Crippen LogP contribution is -2.46. The zero-order valence-electron chi connectivity index (χ0n) is 14.6. The van der Waals surface area contributed by atoms with Crippen molar-refractivity contribution in [3.8, 4) is 5.75 Å². The van der Waals surface area contributed by atoms with Crippen molar-refractivity contribution in [2.24, 2.45) is 5.73 Å². The minimum Gasteiger partial charge on any atom is -0.482 e. The maximum atomic E-state index is 13.3. The molecule has 1 fully saturated rings. The van der Waals surface area contributed by atoms with E-state index in [1.807, 2.05) is 6.92 Å². The van der Waals surface area contributed by atoms with Crippen LogP contribution >= 0.6 is 24.0 Å². The molecule has 0 radical (unpaired) electrons. The molecule has 26 heavy (non-hydrogen) atoms. The molecule has 1 saturated heterocycles. The third-order valence-corrected chi connectivity index (χ3v) is 6.23. The van der Waals surface area contributed by atoms with Gasteiger partial charge in [0.15, 0.2) is 6.61 Å². The number of primary amides is 1. The first-order valence-electron chi connectivity index (χ1n) is 8.29. The fourth-order valence-corrected chi connectivity index (χ4v) is 5.06. The summed E-state index contributed by atoms with van der Waals surface area (Å²) in [6.07, 6.45) is 2.19. The molecule has 0 saturated carbocycles. The summed E-state index contributed by atoms with van der Waals surface area (Å²) in [6, 6.07) is 4.25. The van der Waals surface area contributed by atoms with Crippen LogP contribution in [0.2, 0.25) is 5.02 Å². The molecule has 1 heterocycles. The molecule has 0 spiro atoms. The Labute approximate surface area is 165 Å². The monoisotopic (exact) mass is 425 g/mol. The number of hydrogen-bond donors (Lipinski definition) is 2. The van der Waals surface area contributed by atoms with Gasteiger partial charge in [0.1, 0.15) is 10.6 Å². The van der Waals surface area contributed by atoms with Crippen LogP contribution < -0.4 is 15.8 Å². The first-order chi connectivity index (χ1) is 11.9. The van der Waals surface area contributed by atoms with Crippen molar-refractivity contribution in [3.05, 3.63) is 23.2 Å². The minimum absolute atomic E-state index is 0. The summed E-state index contributed by atoms with van der Waals surface area (Å²) in [4.78, 5) is 11.0. The lowest BCUT2D eigenvalue weighted by molar-refractivity contribution is -0.120. The number of halogens is 2. The molecule has 0 aliphatic carbocycles. The molecule has 0 aromatic heterocycles. The Hall–Kier alpha value is -1.06. The second kappa shape index (κ2) is 10.3. The van der Waals surface area contributed by atoms with Crippen molar-refractivity contribution in [1.29, 1.82) is 0 Å². The van der Waals surface area contributed by atoms with Crippen molar-refractivity contribution in [2.45, 2.75) is 37.1 Å². The molecule has 0 atom stereocenters. The van der Waals surface area contributed by atoms with E-state index in [4.69, 9.17) is 22.1 Å². The van der Waals surface area contributed by atoms with E-state index in [0.717, 1.165) is 25.9 Å². The predicted molar refractivity (Wildman–Crippen MR) is 103 cm³/mol. The van der Waals surface area contributed by atoms with Crippen LogP contribution in [0.15, 0.2) is 23.1 Å². The van der Waals surface area contributed by atoms with Gasteiger partial charge in [-0.3, -0.25) is 4.79 Å². The average Bonchev–Trinajstić information content (AvgIpc) is 2.59. The Morgan fingerprint density at radius 1 is 1.38 bits per heavy atom. The Kier molecular flexibility index (Phi) is 9.12. The molecule has 7 nitrogen and oxygen atoms in total. The van der Waals surface area contributed by atoms with Crippen LogP contribution in [0.5, 0.6) is 5.75 Å². The number of sulfonamides is 1. The quantitative estimate of drug-likeness (QED) is 0.660. The van der Waals surface area contributed by atoms with Crippen molar-refractivity contribution in [3.63, 3.8) is 0 Å². The van der Waals surface area contributed by atoms with Crippen LogP contribution in [0.3, 0.4) is 0 Å². The Morgan fingerprint density at radius 2 is 2.04 bits per heavy atom. The number of nitrogens with two attached hydrogens (primary N) is 1. The van der Waals surface area contributed by atoms with Crippen LogP contribution in [0.4, 0.5) is 0 Å². The fourth-order valence-electron chi connectivity index (χ4n) is 2.89. The summed E-state index contributed by atoms with van der Waals surface area (Å²) >= 11 is 6.01. The number of rotatable bonds is 8. The molecule has 1 aromatic carbocycles. The van der Waals surface area contributed by atoms with Crippen LogP contribution in [0, 0.1) is 0 Å². The molecule has 3 N–H and O–H groups in total. The number of piperidine rings is 1. The number of hydrogen-bond acceptors (Lipinski definition) is 5. The molecule has 1 amide bonds. The summed E-state index contributed by atoms with van der Waals surface area (Å²) in [5, 5.41) is 3.52. The molecule has 1 aliphatic rings. The van der Waals surface area contributed by atoms with E-state index in [1.54, 1.807) is 0 Å². The molecular weight excluding hydrogens is 401 g/mol. The number of carbonyl (C=O) groups is 1. The van der Waals surface area contributed by atoms with E-state index in [-0.39, 0.29) is 34.1 Å². The van der Waals surface area contributed by atoms with Gasteiger partial charge in [0.25, 0.3) is 5.91 Å². The molecule has 0 bridgehead atoms. The smallest absolute Gasteiger partial charge is 0.255 e. The summed E-state index contributed by atoms with van der Waals surface area (Å²) in [7, 11) is -3.82. The Bertz CT molecular complexity index is 709. The molecule has 2 rings (SSSR count). The van der Waals surface area contributed by atoms with Crippen LogP contribution in [-0.4, -0.2) is 50.9 Å². The maximum absolute atomic E-state index is 13.3. The number of ether oxygens (including phenoxy) is 1. The molecular formula is C16H25Cl2N3O4S. The van der Waals surface area contributed by atoms with E-state index in [9.17, 15) is 13.2 Å². The van der Waals surface area contributed by atoms with E-state index >= 15 is 0 Å². The number of nitrogens with one attached hydrogen (secondary N) is 1. The van der Waals surface area contributed by atoms with Gasteiger partial charge in [-0.05, 0) is 50.6 Å². The number of nitrogens with zero attached hydrogens (tertiary/aromatic N) is 1. The summed E-state index contributed by atoms with van der Waals surface area (Å²) in [5.74, 6) is -0.597. The highest BCUT2D eigenvalue weighted by molar-refractivity contribution is 7.89. The topological polar surface area (TPSA) is 102 Å². The van der Waals surface area contributed by atoms with Crippen LogP contribution in [0.25, 0.3) is 0 Å². The van der Waals surface area contributed by atoms with Gasteiger partial charge < -0.3 is 15.8 Å². The lowest BCUT2D eigenvalue weighted by atomic mass is 10.1. The van der Waals surface area contributed by atoms with E-state index in [2.05, 4.69) is 5.32 Å². The SMILES string of the molecule is CCCN(C1CCNCC1)S(=O)(=O)c1cc(Cl)ccc1OCC(N)=O.Cl. The van der Waals surface area contributed by atoms with Gasteiger partial charge in [0.05, 0.1) is 0 Å². The van der Waals surface area contributed by atoms with Gasteiger partial charge in [-0.2, -0.15) is 4.31 Å². The standard InChI is InChI=1S/C16H24ClN3O4S.ClH/c1-2-9-20(13-5-7-19-8-6-13)25(22,23)15-10-12(17)3-4-14(15)24-11-16(18)21;/h3-4,10,13,19H,2,5-9,11H2,1H3,(H2,18,21);1H. The van der Waals surface area contributed by atoms with Gasteiger partial charge in [0.2, 0.25) is 10.0 Å². The van der Waals surface area contributed by atoms with E-state index < -0.39 is 22.5 Å². The largest absolute Gasteiger partial charge is 0.482 e. The number of carbonyl (C=O) groups excluding carboxylic acids is 1. The van der Waals surface area contributed by atoms with Gasteiger partial charge in [-0.1, -0.05) is 18.5 Å². The fraction of sp³-hybridized carbons (Fsp3) is 0.562. The predicted octanol–water partition coefficient (Wildman–Crippen LogP) is 1.78. The third kappa shape index (κ3) is 5.72. The highest BCUT2D eigenvalue weighted by Crippen LogP contribution is 2.32. The Balaban J connectivity index is 0.00000338. The third-order valence-electron chi connectivity index (χ3n) is 4.02. The molecule has 1 aromatic rings. The number of benzene rings is 1. The molecule has 148 valence electrons. The normalized spacial score (nSPS) is 15.5. The first-order valence-corrected chi connectivity index (χ1v) is 10.1. The van der Waals surface area contributed by atoms with Crippen LogP contribution in [0.1, 0.15) is 26.2 Å². The number of amides is 1. The highest BCUT2D eigenvalue weighted by Gasteiger charge is 2.34. The van der Waals surface area contributed by atoms with E-state index in [1.165, 1.54) is 22.5 Å². The second-order valence-corrected chi connectivity index (χ2v) is 8.24. The molecule has 10 heteroatoms. The zero-order valence-corrected chi connectivity index (χ0v) is 17.0. The van der Waals surface area contributed by atoms with Crippen molar-refractivity contribution >= 4 is 39.9 Å². The second-order valence-electron chi connectivity index (χ2n) is 5.94. The summed E-state index contributed by atoms with van der Waals surface area (Å²) in [6.45, 7) is 3.51. The van der Waals surface area contributed by atoms with Gasteiger partial charge in [0, 0.05) is 17.6 Å². The van der Waals surface area contributed by atoms with E-state index in [0.29, 0.717) is 13.0 Å². The summed E-state index contributed by atoms with van der Waals surface area (Å²) < 4.78 is 33.4. The molecule has 0 unspecified atom stereocenters. The van der Waals surface area contributed by atoms with Gasteiger partial charge in [-0.25, -0.2) is 8.42 Å². The van der Waals surface area contributed by atoms with Crippen molar-refractivity contribution in [2.75, 3.05) is 26.2 Å².